The molecule has 1 N–H and O–H groups in total. The van der Waals surface area contributed by atoms with Gasteiger partial charge in [-0.05, 0) is 44.4 Å². The van der Waals surface area contributed by atoms with Gasteiger partial charge in [0.2, 0.25) is 0 Å². The van der Waals surface area contributed by atoms with Crippen molar-refractivity contribution in [2.24, 2.45) is 0 Å². The minimum Gasteiger partial charge on any atom is -0.508 e. The van der Waals surface area contributed by atoms with Crippen molar-refractivity contribution in [2.45, 2.75) is 39.7 Å². The SMILES string of the molecule is CCc1cc(N(C)C(C)Cc2ccc(O)cc2)nc(C)n1. The number of aryl methyl sites for hydroxylation is 2. The van der Waals surface area contributed by atoms with Crippen molar-refractivity contribution in [1.82, 2.24) is 9.97 Å². The minimum absolute atomic E-state index is 0.304. The first-order chi connectivity index (χ1) is 9.99. The molecule has 1 unspecified atom stereocenters. The van der Waals surface area contributed by atoms with E-state index in [1.165, 1.54) is 5.56 Å². The second kappa shape index (κ2) is 6.57. The quantitative estimate of drug-likeness (QED) is 0.917. The first-order valence-electron chi connectivity index (χ1n) is 7.35. The summed E-state index contributed by atoms with van der Waals surface area (Å²) in [6.45, 7) is 6.21. The van der Waals surface area contributed by atoms with Gasteiger partial charge in [0, 0.05) is 24.8 Å². The van der Waals surface area contributed by atoms with Gasteiger partial charge in [-0.25, -0.2) is 9.97 Å². The molecule has 0 radical (unpaired) electrons. The fourth-order valence-electron chi connectivity index (χ4n) is 2.31. The summed E-state index contributed by atoms with van der Waals surface area (Å²) in [5.41, 5.74) is 2.27. The Morgan fingerprint density at radius 2 is 1.86 bits per heavy atom. The van der Waals surface area contributed by atoms with Crippen molar-refractivity contribution in [3.63, 3.8) is 0 Å². The molecule has 1 aromatic heterocycles. The highest BCUT2D eigenvalue weighted by atomic mass is 16.3. The zero-order valence-electron chi connectivity index (χ0n) is 13.2. The van der Waals surface area contributed by atoms with Gasteiger partial charge >= 0.3 is 0 Å². The van der Waals surface area contributed by atoms with E-state index in [1.54, 1.807) is 12.1 Å². The molecule has 1 aromatic carbocycles. The molecule has 0 saturated heterocycles. The summed E-state index contributed by atoms with van der Waals surface area (Å²) in [4.78, 5) is 11.1. The van der Waals surface area contributed by atoms with Gasteiger partial charge in [-0.2, -0.15) is 0 Å². The van der Waals surface area contributed by atoms with Crippen LogP contribution in [0.25, 0.3) is 0 Å². The Kier molecular flexibility index (Phi) is 4.78. The summed E-state index contributed by atoms with van der Waals surface area (Å²) >= 11 is 0. The topological polar surface area (TPSA) is 49.2 Å². The first-order valence-corrected chi connectivity index (χ1v) is 7.35. The number of likely N-dealkylation sites (N-methyl/N-ethyl adjacent to an activating group) is 1. The van der Waals surface area contributed by atoms with Gasteiger partial charge in [-0.3, -0.25) is 0 Å². The Bertz CT molecular complexity index is 595. The number of phenolic OH excluding ortho intramolecular Hbond substituents is 1. The zero-order chi connectivity index (χ0) is 15.4. The van der Waals surface area contributed by atoms with Crippen molar-refractivity contribution < 1.29 is 5.11 Å². The second-order valence-corrected chi connectivity index (χ2v) is 5.45. The lowest BCUT2D eigenvalue weighted by molar-refractivity contribution is 0.475. The highest BCUT2D eigenvalue weighted by Gasteiger charge is 2.13. The van der Waals surface area contributed by atoms with Crippen LogP contribution in [-0.4, -0.2) is 28.2 Å². The molecule has 0 saturated carbocycles. The summed E-state index contributed by atoms with van der Waals surface area (Å²) in [7, 11) is 2.06. The third kappa shape index (κ3) is 3.94. The van der Waals surface area contributed by atoms with Crippen molar-refractivity contribution in [3.05, 3.63) is 47.4 Å². The lowest BCUT2D eigenvalue weighted by Crippen LogP contribution is -2.31. The smallest absolute Gasteiger partial charge is 0.132 e. The van der Waals surface area contributed by atoms with Crippen LogP contribution in [0.1, 0.15) is 30.9 Å². The third-order valence-electron chi connectivity index (χ3n) is 3.73. The predicted octanol–water partition coefficient (Wildman–Crippen LogP) is 3.12. The molecular formula is C17H23N3O. The molecule has 4 nitrogen and oxygen atoms in total. The van der Waals surface area contributed by atoms with E-state index in [0.29, 0.717) is 11.8 Å². The number of rotatable bonds is 5. The van der Waals surface area contributed by atoms with E-state index < -0.39 is 0 Å². The second-order valence-electron chi connectivity index (χ2n) is 5.45. The molecular weight excluding hydrogens is 262 g/mol. The van der Waals surface area contributed by atoms with Crippen molar-refractivity contribution in [1.29, 1.82) is 0 Å². The van der Waals surface area contributed by atoms with Crippen LogP contribution in [0.2, 0.25) is 0 Å². The molecule has 0 aliphatic heterocycles. The van der Waals surface area contributed by atoms with E-state index in [4.69, 9.17) is 0 Å². The fourth-order valence-corrected chi connectivity index (χ4v) is 2.31. The van der Waals surface area contributed by atoms with Crippen molar-refractivity contribution >= 4 is 5.82 Å². The third-order valence-corrected chi connectivity index (χ3v) is 3.73. The van der Waals surface area contributed by atoms with Gasteiger partial charge < -0.3 is 10.0 Å². The molecule has 21 heavy (non-hydrogen) atoms. The Morgan fingerprint density at radius 1 is 1.19 bits per heavy atom. The van der Waals surface area contributed by atoms with Crippen LogP contribution in [0.4, 0.5) is 5.82 Å². The molecule has 0 fully saturated rings. The van der Waals surface area contributed by atoms with Crippen LogP contribution < -0.4 is 4.90 Å². The van der Waals surface area contributed by atoms with Crippen LogP contribution in [-0.2, 0) is 12.8 Å². The summed E-state index contributed by atoms with van der Waals surface area (Å²) < 4.78 is 0. The molecule has 0 amide bonds. The lowest BCUT2D eigenvalue weighted by Gasteiger charge is -2.26. The molecule has 0 bridgehead atoms. The molecule has 1 atom stereocenters. The molecule has 112 valence electrons. The normalized spacial score (nSPS) is 12.2. The number of hydrogen-bond acceptors (Lipinski definition) is 4. The summed E-state index contributed by atoms with van der Waals surface area (Å²) in [6.07, 6.45) is 1.82. The number of hydrogen-bond donors (Lipinski definition) is 1. The number of benzene rings is 1. The average molecular weight is 285 g/mol. The maximum Gasteiger partial charge on any atom is 0.132 e. The molecule has 4 heteroatoms. The Morgan fingerprint density at radius 3 is 2.48 bits per heavy atom. The van der Waals surface area contributed by atoms with Gasteiger partial charge in [0.1, 0.15) is 17.4 Å². The average Bonchev–Trinajstić information content (AvgIpc) is 2.48. The minimum atomic E-state index is 0.304. The van der Waals surface area contributed by atoms with Gasteiger partial charge in [0.05, 0.1) is 0 Å². The maximum absolute atomic E-state index is 9.34. The molecule has 1 heterocycles. The maximum atomic E-state index is 9.34. The highest BCUT2D eigenvalue weighted by Crippen LogP contribution is 2.18. The highest BCUT2D eigenvalue weighted by molar-refractivity contribution is 5.40. The van der Waals surface area contributed by atoms with E-state index in [-0.39, 0.29) is 0 Å². The molecule has 0 aliphatic rings. The summed E-state index contributed by atoms with van der Waals surface area (Å²) in [6, 6.07) is 9.75. The summed E-state index contributed by atoms with van der Waals surface area (Å²) in [5, 5.41) is 9.34. The first kappa shape index (κ1) is 15.3. The zero-order valence-corrected chi connectivity index (χ0v) is 13.2. The van der Waals surface area contributed by atoms with Gasteiger partial charge in [0.15, 0.2) is 0 Å². The van der Waals surface area contributed by atoms with Gasteiger partial charge in [-0.1, -0.05) is 19.1 Å². The van der Waals surface area contributed by atoms with Crippen LogP contribution in [0.5, 0.6) is 5.75 Å². The molecule has 0 aliphatic carbocycles. The van der Waals surface area contributed by atoms with Crippen molar-refractivity contribution in [3.8, 4) is 5.75 Å². The van der Waals surface area contributed by atoms with Crippen LogP contribution in [0.3, 0.4) is 0 Å². The number of anilines is 1. The molecule has 2 aromatic rings. The number of phenols is 1. The van der Waals surface area contributed by atoms with Crippen molar-refractivity contribution in [2.75, 3.05) is 11.9 Å². The van der Waals surface area contributed by atoms with E-state index in [9.17, 15) is 5.11 Å². The number of aromatic nitrogens is 2. The lowest BCUT2D eigenvalue weighted by atomic mass is 10.1. The predicted molar refractivity (Wildman–Crippen MR) is 85.8 cm³/mol. The number of aromatic hydroxyl groups is 1. The summed E-state index contributed by atoms with van der Waals surface area (Å²) in [5.74, 6) is 2.08. The fraction of sp³-hybridized carbons (Fsp3) is 0.412. The van der Waals surface area contributed by atoms with Gasteiger partial charge in [-0.15, -0.1) is 0 Å². The van der Waals surface area contributed by atoms with Crippen LogP contribution in [0, 0.1) is 6.92 Å². The van der Waals surface area contributed by atoms with Gasteiger partial charge in [0.25, 0.3) is 0 Å². The Labute approximate surface area is 126 Å². The van der Waals surface area contributed by atoms with Crippen LogP contribution >= 0.6 is 0 Å². The molecule has 2 rings (SSSR count). The Balaban J connectivity index is 2.13. The largest absolute Gasteiger partial charge is 0.508 e. The van der Waals surface area contributed by atoms with E-state index in [0.717, 1.165) is 30.2 Å². The Hall–Kier alpha value is -2.10. The number of nitrogens with zero attached hydrogens (tertiary/aromatic N) is 3. The van der Waals surface area contributed by atoms with Crippen LogP contribution in [0.15, 0.2) is 30.3 Å². The molecule has 0 spiro atoms. The van der Waals surface area contributed by atoms with E-state index in [2.05, 4.69) is 41.8 Å². The monoisotopic (exact) mass is 285 g/mol. The standard InChI is InChI=1S/C17H23N3O/c1-5-15-11-17(19-13(3)18-15)20(4)12(2)10-14-6-8-16(21)9-7-14/h6-9,11-12,21H,5,10H2,1-4H3. The van der Waals surface area contributed by atoms with E-state index in [1.807, 2.05) is 19.1 Å². The van der Waals surface area contributed by atoms with E-state index >= 15 is 0 Å².